The fraction of sp³-hybridized carbons (Fsp3) is 0.769. The molecular formula is C13H25N3S. The van der Waals surface area contributed by atoms with Gasteiger partial charge in [-0.15, -0.1) is 0 Å². The van der Waals surface area contributed by atoms with E-state index < -0.39 is 0 Å². The van der Waals surface area contributed by atoms with Crippen molar-refractivity contribution in [3.05, 3.63) is 17.0 Å². The zero-order valence-electron chi connectivity index (χ0n) is 11.7. The first-order chi connectivity index (χ1) is 8.06. The summed E-state index contributed by atoms with van der Waals surface area (Å²) < 4.78 is 2.14. The second-order valence-corrected chi connectivity index (χ2v) is 5.88. The lowest BCUT2D eigenvalue weighted by molar-refractivity contribution is 0.550. The highest BCUT2D eigenvalue weighted by atomic mass is 32.2. The van der Waals surface area contributed by atoms with Gasteiger partial charge in [0.2, 0.25) is 0 Å². The number of aromatic nitrogens is 2. The summed E-state index contributed by atoms with van der Waals surface area (Å²) in [7, 11) is 0. The highest BCUT2D eigenvalue weighted by molar-refractivity contribution is 7.98. The minimum Gasteiger partial charge on any atom is -0.312 e. The van der Waals surface area contributed by atoms with Crippen LogP contribution in [0.25, 0.3) is 0 Å². The Balaban J connectivity index is 2.62. The summed E-state index contributed by atoms with van der Waals surface area (Å²) in [5, 5.41) is 8.10. The summed E-state index contributed by atoms with van der Waals surface area (Å²) in [6.45, 7) is 11.8. The molecule has 0 fully saturated rings. The van der Waals surface area contributed by atoms with Gasteiger partial charge in [0.1, 0.15) is 0 Å². The number of nitrogens with one attached hydrogen (secondary N) is 1. The van der Waals surface area contributed by atoms with Crippen molar-refractivity contribution in [2.75, 3.05) is 18.6 Å². The third-order valence-corrected chi connectivity index (χ3v) is 3.48. The maximum absolute atomic E-state index is 4.61. The zero-order chi connectivity index (χ0) is 12.8. The molecule has 0 saturated heterocycles. The van der Waals surface area contributed by atoms with Gasteiger partial charge in [-0.05, 0) is 32.6 Å². The van der Waals surface area contributed by atoms with Gasteiger partial charge >= 0.3 is 0 Å². The first-order valence-corrected chi connectivity index (χ1v) is 7.68. The van der Waals surface area contributed by atoms with Crippen LogP contribution in [0.5, 0.6) is 0 Å². The summed E-state index contributed by atoms with van der Waals surface area (Å²) in [5.41, 5.74) is 3.85. The standard InChI is InChI=1S/C13H25N3S/c1-10(2)8-14-9-13-11(3)15-16(12(13)4)6-7-17-5/h10,14H,6-9H2,1-5H3. The van der Waals surface area contributed by atoms with E-state index in [1.54, 1.807) is 0 Å². The molecule has 1 aromatic rings. The van der Waals surface area contributed by atoms with E-state index in [0.717, 1.165) is 25.4 Å². The smallest absolute Gasteiger partial charge is 0.0641 e. The van der Waals surface area contributed by atoms with Crippen LogP contribution in [0.2, 0.25) is 0 Å². The quantitative estimate of drug-likeness (QED) is 0.812. The Labute approximate surface area is 109 Å². The van der Waals surface area contributed by atoms with E-state index in [1.807, 2.05) is 11.8 Å². The second kappa shape index (κ2) is 7.07. The fourth-order valence-electron chi connectivity index (χ4n) is 1.87. The monoisotopic (exact) mass is 255 g/mol. The highest BCUT2D eigenvalue weighted by Gasteiger charge is 2.10. The van der Waals surface area contributed by atoms with Crippen molar-refractivity contribution in [2.24, 2.45) is 5.92 Å². The number of nitrogens with zero attached hydrogens (tertiary/aromatic N) is 2. The first kappa shape index (κ1) is 14.6. The maximum atomic E-state index is 4.61. The highest BCUT2D eigenvalue weighted by Crippen LogP contribution is 2.13. The van der Waals surface area contributed by atoms with E-state index in [9.17, 15) is 0 Å². The molecule has 1 aromatic heterocycles. The van der Waals surface area contributed by atoms with Gasteiger partial charge in [-0.2, -0.15) is 16.9 Å². The van der Waals surface area contributed by atoms with Crippen molar-refractivity contribution in [3.63, 3.8) is 0 Å². The van der Waals surface area contributed by atoms with Crippen LogP contribution in [0, 0.1) is 19.8 Å². The van der Waals surface area contributed by atoms with E-state index in [4.69, 9.17) is 0 Å². The van der Waals surface area contributed by atoms with Crippen LogP contribution in [0.1, 0.15) is 30.8 Å². The number of thioether (sulfide) groups is 1. The lowest BCUT2D eigenvalue weighted by Gasteiger charge is -2.08. The molecule has 0 saturated carbocycles. The molecule has 0 atom stereocenters. The molecule has 1 N–H and O–H groups in total. The van der Waals surface area contributed by atoms with Crippen LogP contribution in [0.4, 0.5) is 0 Å². The lowest BCUT2D eigenvalue weighted by atomic mass is 10.2. The van der Waals surface area contributed by atoms with Crippen molar-refractivity contribution >= 4 is 11.8 Å². The molecule has 0 unspecified atom stereocenters. The van der Waals surface area contributed by atoms with Crippen LogP contribution < -0.4 is 5.32 Å². The molecular weight excluding hydrogens is 230 g/mol. The summed E-state index contributed by atoms with van der Waals surface area (Å²) in [6.07, 6.45) is 2.14. The van der Waals surface area contributed by atoms with Gasteiger partial charge < -0.3 is 5.32 Å². The minimum atomic E-state index is 0.696. The van der Waals surface area contributed by atoms with Gasteiger partial charge in [0.25, 0.3) is 0 Å². The van der Waals surface area contributed by atoms with Crippen molar-refractivity contribution in [3.8, 4) is 0 Å². The molecule has 1 heterocycles. The van der Waals surface area contributed by atoms with Crippen LogP contribution >= 0.6 is 11.8 Å². The second-order valence-electron chi connectivity index (χ2n) is 4.89. The summed E-state index contributed by atoms with van der Waals surface area (Å²) in [4.78, 5) is 0. The average Bonchev–Trinajstić information content (AvgIpc) is 2.53. The van der Waals surface area contributed by atoms with Gasteiger partial charge in [-0.1, -0.05) is 13.8 Å². The molecule has 0 bridgehead atoms. The predicted molar refractivity (Wildman–Crippen MR) is 76.6 cm³/mol. The maximum Gasteiger partial charge on any atom is 0.0641 e. The number of hydrogen-bond acceptors (Lipinski definition) is 3. The molecule has 98 valence electrons. The van der Waals surface area contributed by atoms with E-state index in [-0.39, 0.29) is 0 Å². The molecule has 0 aliphatic rings. The Morgan fingerprint density at radius 1 is 1.35 bits per heavy atom. The molecule has 17 heavy (non-hydrogen) atoms. The molecule has 4 heteroatoms. The van der Waals surface area contributed by atoms with Crippen molar-refractivity contribution < 1.29 is 0 Å². The summed E-state index contributed by atoms with van der Waals surface area (Å²) >= 11 is 1.87. The first-order valence-electron chi connectivity index (χ1n) is 6.28. The van der Waals surface area contributed by atoms with Crippen molar-refractivity contribution in [1.29, 1.82) is 0 Å². The van der Waals surface area contributed by atoms with E-state index >= 15 is 0 Å². The van der Waals surface area contributed by atoms with Gasteiger partial charge in [-0.25, -0.2) is 0 Å². The van der Waals surface area contributed by atoms with Crippen molar-refractivity contribution in [1.82, 2.24) is 15.1 Å². The van der Waals surface area contributed by atoms with Crippen LogP contribution in [-0.2, 0) is 13.1 Å². The fourth-order valence-corrected chi connectivity index (χ4v) is 2.23. The Hall–Kier alpha value is -0.480. The largest absolute Gasteiger partial charge is 0.312 e. The third kappa shape index (κ3) is 4.36. The minimum absolute atomic E-state index is 0.696. The molecule has 0 aliphatic heterocycles. The Kier molecular flexibility index (Phi) is 6.06. The summed E-state index contributed by atoms with van der Waals surface area (Å²) in [5.74, 6) is 1.82. The lowest BCUT2D eigenvalue weighted by Crippen LogP contribution is -2.19. The van der Waals surface area contributed by atoms with Crippen LogP contribution in [-0.4, -0.2) is 28.3 Å². The van der Waals surface area contributed by atoms with E-state index in [2.05, 4.69) is 49.0 Å². The average molecular weight is 255 g/mol. The van der Waals surface area contributed by atoms with Gasteiger partial charge in [-0.3, -0.25) is 4.68 Å². The van der Waals surface area contributed by atoms with E-state index in [0.29, 0.717) is 5.92 Å². The predicted octanol–water partition coefficient (Wildman–Crippen LogP) is 2.61. The molecule has 0 amide bonds. The van der Waals surface area contributed by atoms with Gasteiger partial charge in [0, 0.05) is 23.6 Å². The Morgan fingerprint density at radius 2 is 2.06 bits per heavy atom. The van der Waals surface area contributed by atoms with Crippen molar-refractivity contribution in [2.45, 2.75) is 40.8 Å². The summed E-state index contributed by atoms with van der Waals surface area (Å²) in [6, 6.07) is 0. The van der Waals surface area contributed by atoms with Crippen LogP contribution in [0.3, 0.4) is 0 Å². The number of aryl methyl sites for hydroxylation is 2. The van der Waals surface area contributed by atoms with Crippen LogP contribution in [0.15, 0.2) is 0 Å². The molecule has 0 aromatic carbocycles. The van der Waals surface area contributed by atoms with E-state index in [1.165, 1.54) is 17.0 Å². The Bertz CT molecular complexity index is 345. The molecule has 0 spiro atoms. The van der Waals surface area contributed by atoms with Gasteiger partial charge in [0.05, 0.1) is 12.2 Å². The normalized spacial score (nSPS) is 11.4. The SMILES string of the molecule is CSCCn1nc(C)c(CNCC(C)C)c1C. The topological polar surface area (TPSA) is 29.9 Å². The molecule has 1 rings (SSSR count). The number of rotatable bonds is 7. The zero-order valence-corrected chi connectivity index (χ0v) is 12.5. The van der Waals surface area contributed by atoms with Gasteiger partial charge in [0.15, 0.2) is 0 Å². The molecule has 0 radical (unpaired) electrons. The Morgan fingerprint density at radius 3 is 2.65 bits per heavy atom. The molecule has 3 nitrogen and oxygen atoms in total. The number of hydrogen-bond donors (Lipinski definition) is 1. The molecule has 0 aliphatic carbocycles. The third-order valence-electron chi connectivity index (χ3n) is 2.89.